The SMILES string of the molecule is Nc1ccccc1NC(=O)/C=C/C[C@@H](OC(=O)Nc1ccc(Br)cc1)c1cc(Br)ccc1O. The molecule has 0 aliphatic carbocycles. The number of phenols is 1. The lowest BCUT2D eigenvalue weighted by molar-refractivity contribution is -0.111. The van der Waals surface area contributed by atoms with Crippen molar-refractivity contribution < 1.29 is 19.4 Å². The summed E-state index contributed by atoms with van der Waals surface area (Å²) in [7, 11) is 0. The van der Waals surface area contributed by atoms with Gasteiger partial charge in [-0.1, -0.05) is 50.1 Å². The molecule has 3 rings (SSSR count). The van der Waals surface area contributed by atoms with E-state index < -0.39 is 12.2 Å². The molecule has 0 aliphatic heterocycles. The van der Waals surface area contributed by atoms with E-state index in [0.717, 1.165) is 4.47 Å². The van der Waals surface area contributed by atoms with Crippen LogP contribution in [0.15, 0.2) is 87.8 Å². The van der Waals surface area contributed by atoms with Crippen molar-refractivity contribution in [1.29, 1.82) is 0 Å². The van der Waals surface area contributed by atoms with Gasteiger partial charge in [0.15, 0.2) is 0 Å². The fourth-order valence-corrected chi connectivity index (χ4v) is 3.56. The van der Waals surface area contributed by atoms with Crippen molar-refractivity contribution in [1.82, 2.24) is 0 Å². The van der Waals surface area contributed by atoms with Crippen LogP contribution in [0, 0.1) is 0 Å². The highest BCUT2D eigenvalue weighted by Crippen LogP contribution is 2.32. The second-order valence-corrected chi connectivity index (χ2v) is 8.77. The van der Waals surface area contributed by atoms with E-state index in [9.17, 15) is 14.7 Å². The van der Waals surface area contributed by atoms with Gasteiger partial charge in [0.25, 0.3) is 0 Å². The zero-order valence-electron chi connectivity index (χ0n) is 17.3. The number of halogens is 2. The van der Waals surface area contributed by atoms with Crippen molar-refractivity contribution >= 4 is 60.9 Å². The quantitative estimate of drug-likeness (QED) is 0.193. The molecule has 0 aromatic heterocycles. The monoisotopic (exact) mass is 573 g/mol. The van der Waals surface area contributed by atoms with E-state index in [1.807, 2.05) is 0 Å². The van der Waals surface area contributed by atoms with Crippen LogP contribution >= 0.6 is 31.9 Å². The van der Waals surface area contributed by atoms with Crippen LogP contribution in [0.3, 0.4) is 0 Å². The molecule has 33 heavy (non-hydrogen) atoms. The first-order valence-corrected chi connectivity index (χ1v) is 11.4. The fourth-order valence-electron chi connectivity index (χ4n) is 2.92. The molecule has 0 unspecified atom stereocenters. The van der Waals surface area contributed by atoms with Gasteiger partial charge in [0.05, 0.1) is 11.4 Å². The Morgan fingerprint density at radius 1 is 1.00 bits per heavy atom. The molecule has 0 bridgehead atoms. The summed E-state index contributed by atoms with van der Waals surface area (Å²) in [6.07, 6.45) is 1.49. The lowest BCUT2D eigenvalue weighted by Crippen LogP contribution is -2.17. The van der Waals surface area contributed by atoms with Gasteiger partial charge in [-0.3, -0.25) is 10.1 Å². The third-order valence-electron chi connectivity index (χ3n) is 4.51. The van der Waals surface area contributed by atoms with Gasteiger partial charge in [0, 0.05) is 26.6 Å². The maximum atomic E-state index is 12.5. The van der Waals surface area contributed by atoms with Crippen molar-refractivity contribution in [2.75, 3.05) is 16.4 Å². The molecular weight excluding hydrogens is 554 g/mol. The largest absolute Gasteiger partial charge is 0.508 e. The van der Waals surface area contributed by atoms with E-state index in [-0.39, 0.29) is 18.1 Å². The van der Waals surface area contributed by atoms with E-state index >= 15 is 0 Å². The van der Waals surface area contributed by atoms with Crippen LogP contribution in [0.4, 0.5) is 21.9 Å². The molecule has 0 fully saturated rings. The lowest BCUT2D eigenvalue weighted by Gasteiger charge is -2.19. The molecule has 3 aromatic carbocycles. The summed E-state index contributed by atoms with van der Waals surface area (Å²) >= 11 is 6.70. The number of nitrogens with two attached hydrogens (primary N) is 1. The molecule has 0 saturated carbocycles. The summed E-state index contributed by atoms with van der Waals surface area (Å²) in [6.45, 7) is 0. The minimum Gasteiger partial charge on any atom is -0.508 e. The topological polar surface area (TPSA) is 114 Å². The first-order chi connectivity index (χ1) is 15.8. The number of phenolic OH excluding ortho intramolecular Hbond substituents is 1. The lowest BCUT2D eigenvalue weighted by atomic mass is 10.0. The van der Waals surface area contributed by atoms with E-state index in [1.54, 1.807) is 66.7 Å². The Labute approximate surface area is 207 Å². The van der Waals surface area contributed by atoms with Crippen molar-refractivity contribution in [2.24, 2.45) is 0 Å². The van der Waals surface area contributed by atoms with Gasteiger partial charge in [-0.25, -0.2) is 4.79 Å². The van der Waals surface area contributed by atoms with E-state index in [0.29, 0.717) is 27.1 Å². The van der Waals surface area contributed by atoms with Crippen LogP contribution in [0.2, 0.25) is 0 Å². The Hall–Kier alpha value is -3.30. The second kappa shape index (κ2) is 11.5. The van der Waals surface area contributed by atoms with Crippen molar-refractivity contribution in [3.63, 3.8) is 0 Å². The smallest absolute Gasteiger partial charge is 0.412 e. The van der Waals surface area contributed by atoms with Crippen molar-refractivity contribution in [3.8, 4) is 5.75 Å². The molecule has 0 radical (unpaired) electrons. The first kappa shape index (κ1) is 24.3. The molecular formula is C24H21Br2N3O4. The summed E-state index contributed by atoms with van der Waals surface area (Å²) in [5.74, 6) is -0.418. The summed E-state index contributed by atoms with van der Waals surface area (Å²) in [5, 5.41) is 15.7. The van der Waals surface area contributed by atoms with Crippen LogP contribution in [0.1, 0.15) is 18.1 Å². The number of anilines is 3. The number of ether oxygens (including phenoxy) is 1. The average Bonchev–Trinajstić information content (AvgIpc) is 2.78. The van der Waals surface area contributed by atoms with Crippen LogP contribution in [0.25, 0.3) is 0 Å². The zero-order valence-corrected chi connectivity index (χ0v) is 20.5. The molecule has 0 heterocycles. The molecule has 0 saturated heterocycles. The molecule has 9 heteroatoms. The molecule has 170 valence electrons. The number of hydrogen-bond donors (Lipinski definition) is 4. The maximum absolute atomic E-state index is 12.5. The zero-order chi connectivity index (χ0) is 23.8. The maximum Gasteiger partial charge on any atom is 0.412 e. The summed E-state index contributed by atoms with van der Waals surface area (Å²) in [4.78, 5) is 24.8. The van der Waals surface area contributed by atoms with E-state index in [2.05, 4.69) is 42.5 Å². The second-order valence-electron chi connectivity index (χ2n) is 6.94. The molecule has 0 spiro atoms. The predicted molar refractivity (Wildman–Crippen MR) is 136 cm³/mol. The normalized spacial score (nSPS) is 11.7. The molecule has 2 amide bonds. The molecule has 7 nitrogen and oxygen atoms in total. The predicted octanol–water partition coefficient (Wildman–Crippen LogP) is 6.37. The summed E-state index contributed by atoms with van der Waals surface area (Å²) in [5.41, 5.74) is 7.74. The number of nitrogen functional groups attached to an aromatic ring is 1. The van der Waals surface area contributed by atoms with E-state index in [4.69, 9.17) is 10.5 Å². The van der Waals surface area contributed by atoms with Gasteiger partial charge in [-0.15, -0.1) is 0 Å². The van der Waals surface area contributed by atoms with Crippen LogP contribution in [-0.2, 0) is 9.53 Å². The number of rotatable bonds is 7. The third-order valence-corrected chi connectivity index (χ3v) is 5.54. The highest BCUT2D eigenvalue weighted by Gasteiger charge is 2.20. The van der Waals surface area contributed by atoms with Crippen molar-refractivity contribution in [2.45, 2.75) is 12.5 Å². The number of benzene rings is 3. The average molecular weight is 575 g/mol. The molecule has 1 atom stereocenters. The van der Waals surface area contributed by atoms with Crippen molar-refractivity contribution in [3.05, 3.63) is 93.4 Å². The number of nitrogens with one attached hydrogen (secondary N) is 2. The fraction of sp³-hybridized carbons (Fsp3) is 0.0833. The Balaban J connectivity index is 1.71. The highest BCUT2D eigenvalue weighted by molar-refractivity contribution is 9.10. The Bertz CT molecular complexity index is 1170. The number of carbonyl (C=O) groups is 2. The van der Waals surface area contributed by atoms with Gasteiger partial charge in [-0.05, 0) is 60.7 Å². The Morgan fingerprint density at radius 3 is 2.42 bits per heavy atom. The van der Waals surface area contributed by atoms with Gasteiger partial charge in [-0.2, -0.15) is 0 Å². The van der Waals surface area contributed by atoms with Gasteiger partial charge < -0.3 is 20.9 Å². The standard InChI is InChI=1S/C24H21Br2N3O4/c25-15-8-11-17(12-9-15)28-24(32)33-22(18-14-16(26)10-13-21(18)30)6-3-7-23(31)29-20-5-2-1-4-19(20)27/h1-5,7-14,22,30H,6,27H2,(H,28,32)(H,29,31)/b7-3+/t22-/m1/s1. The minimum absolute atomic E-state index is 0.0328. The van der Waals surface area contributed by atoms with E-state index in [1.165, 1.54) is 12.1 Å². The number of hydrogen-bond acceptors (Lipinski definition) is 5. The number of para-hydroxylation sites is 2. The van der Waals surface area contributed by atoms with Gasteiger partial charge >= 0.3 is 6.09 Å². The Morgan fingerprint density at radius 2 is 1.70 bits per heavy atom. The van der Waals surface area contributed by atoms with Gasteiger partial charge in [0.2, 0.25) is 5.91 Å². The molecule has 5 N–H and O–H groups in total. The molecule has 0 aliphatic rings. The Kier molecular flexibility index (Phi) is 8.51. The first-order valence-electron chi connectivity index (χ1n) is 9.85. The number of amides is 2. The van der Waals surface area contributed by atoms with Crippen LogP contribution in [-0.4, -0.2) is 17.1 Å². The van der Waals surface area contributed by atoms with Crippen LogP contribution < -0.4 is 16.4 Å². The summed E-state index contributed by atoms with van der Waals surface area (Å²) < 4.78 is 7.16. The number of aromatic hydroxyl groups is 1. The third kappa shape index (κ3) is 7.37. The van der Waals surface area contributed by atoms with Crippen LogP contribution in [0.5, 0.6) is 5.75 Å². The number of carbonyl (C=O) groups excluding carboxylic acids is 2. The van der Waals surface area contributed by atoms with Gasteiger partial charge in [0.1, 0.15) is 11.9 Å². The summed E-state index contributed by atoms with van der Waals surface area (Å²) in [6, 6.07) is 18.7. The molecule has 3 aromatic rings. The minimum atomic E-state index is -0.844. The highest BCUT2D eigenvalue weighted by atomic mass is 79.9.